The van der Waals surface area contributed by atoms with Crippen molar-refractivity contribution in [1.82, 2.24) is 9.58 Å². The molecule has 1 saturated heterocycles. The summed E-state index contributed by atoms with van der Waals surface area (Å²) in [5.74, 6) is 0.707. The number of hydrogen-bond donors (Lipinski definition) is 0. The number of nitrogens with zero attached hydrogens (tertiary/aromatic N) is 4. The zero-order valence-electron chi connectivity index (χ0n) is 20.1. The van der Waals surface area contributed by atoms with Gasteiger partial charge in [0.25, 0.3) is 0 Å². The van der Waals surface area contributed by atoms with Gasteiger partial charge in [-0.25, -0.2) is 4.68 Å². The normalized spacial score (nSPS) is 18.5. The molecule has 0 spiro atoms. The van der Waals surface area contributed by atoms with E-state index in [-0.39, 0.29) is 0 Å². The topological polar surface area (TPSA) is 42.1 Å². The summed E-state index contributed by atoms with van der Waals surface area (Å²) in [5.41, 5.74) is 4.66. The molecule has 0 N–H and O–H groups in total. The minimum atomic E-state index is 0.707. The van der Waals surface area contributed by atoms with Gasteiger partial charge in [0, 0.05) is 35.6 Å². The quantitative estimate of drug-likeness (QED) is 0.365. The second kappa shape index (κ2) is 12.1. The highest BCUT2D eigenvalue weighted by atomic mass is 35.5. The van der Waals surface area contributed by atoms with Crippen LogP contribution in [0.3, 0.4) is 0 Å². The summed E-state index contributed by atoms with van der Waals surface area (Å²) < 4.78 is 7.43. The highest BCUT2D eigenvalue weighted by Crippen LogP contribution is 2.33. The van der Waals surface area contributed by atoms with Gasteiger partial charge in [-0.05, 0) is 42.0 Å². The SMILES string of the molecule is Clc1cccc(/C=N\n2c(-c3ccc(C4CCCCC4)cc3)csc2=NCCN2CCOCC2)c1. The molecule has 0 radical (unpaired) electrons. The van der Waals surface area contributed by atoms with E-state index in [9.17, 15) is 0 Å². The molecule has 5 rings (SSSR count). The summed E-state index contributed by atoms with van der Waals surface area (Å²) in [6, 6.07) is 16.9. The van der Waals surface area contributed by atoms with Crippen molar-refractivity contribution in [1.29, 1.82) is 0 Å². The summed E-state index contributed by atoms with van der Waals surface area (Å²) in [6.45, 7) is 5.25. The molecule has 1 saturated carbocycles. The van der Waals surface area contributed by atoms with Crippen LogP contribution in [0.5, 0.6) is 0 Å². The summed E-state index contributed by atoms with van der Waals surface area (Å²) in [6.07, 6.45) is 8.57. The lowest BCUT2D eigenvalue weighted by Gasteiger charge is -2.25. The molecule has 184 valence electrons. The molecule has 0 unspecified atom stereocenters. The number of ether oxygens (including phenoxy) is 1. The average Bonchev–Trinajstić information content (AvgIpc) is 3.31. The van der Waals surface area contributed by atoms with Crippen LogP contribution in [-0.2, 0) is 4.74 Å². The Morgan fingerprint density at radius 2 is 1.83 bits per heavy atom. The Kier molecular flexibility index (Phi) is 8.47. The number of halogens is 1. The van der Waals surface area contributed by atoms with E-state index in [1.54, 1.807) is 11.3 Å². The molecule has 0 amide bonds. The van der Waals surface area contributed by atoms with Crippen molar-refractivity contribution in [3.05, 3.63) is 74.9 Å². The maximum absolute atomic E-state index is 6.19. The number of thiazole rings is 1. The first-order valence-electron chi connectivity index (χ1n) is 12.7. The molecule has 2 heterocycles. The van der Waals surface area contributed by atoms with Crippen molar-refractivity contribution < 1.29 is 4.74 Å². The van der Waals surface area contributed by atoms with Gasteiger partial charge in [-0.3, -0.25) is 9.89 Å². The van der Waals surface area contributed by atoms with Crippen molar-refractivity contribution in [2.45, 2.75) is 38.0 Å². The van der Waals surface area contributed by atoms with Crippen LogP contribution in [0.15, 0.2) is 64.0 Å². The van der Waals surface area contributed by atoms with Crippen LogP contribution in [0.4, 0.5) is 0 Å². The number of aromatic nitrogens is 1. The first-order valence-corrected chi connectivity index (χ1v) is 13.9. The van der Waals surface area contributed by atoms with Gasteiger partial charge in [0.05, 0.1) is 31.7 Å². The van der Waals surface area contributed by atoms with Gasteiger partial charge in [0.15, 0.2) is 0 Å². The van der Waals surface area contributed by atoms with Gasteiger partial charge < -0.3 is 4.74 Å². The Bertz CT molecular complexity index is 1190. The van der Waals surface area contributed by atoms with Gasteiger partial charge in [-0.2, -0.15) is 5.10 Å². The second-order valence-electron chi connectivity index (χ2n) is 9.31. The largest absolute Gasteiger partial charge is 0.379 e. The summed E-state index contributed by atoms with van der Waals surface area (Å²) >= 11 is 7.83. The van der Waals surface area contributed by atoms with Crippen LogP contribution in [0.1, 0.15) is 49.1 Å². The van der Waals surface area contributed by atoms with E-state index < -0.39 is 0 Å². The van der Waals surface area contributed by atoms with Gasteiger partial charge in [0.1, 0.15) is 0 Å². The zero-order valence-corrected chi connectivity index (χ0v) is 21.7. The van der Waals surface area contributed by atoms with E-state index in [1.807, 2.05) is 35.2 Å². The zero-order chi connectivity index (χ0) is 23.9. The van der Waals surface area contributed by atoms with Crippen molar-refractivity contribution in [3.8, 4) is 11.3 Å². The Morgan fingerprint density at radius 1 is 1.03 bits per heavy atom. The van der Waals surface area contributed by atoms with Crippen molar-refractivity contribution in [3.63, 3.8) is 0 Å². The van der Waals surface area contributed by atoms with Crippen LogP contribution in [-0.4, -0.2) is 55.2 Å². The van der Waals surface area contributed by atoms with Gasteiger partial charge in [-0.1, -0.05) is 67.3 Å². The molecule has 2 aliphatic rings. The number of hydrogen-bond acceptors (Lipinski definition) is 5. The smallest absolute Gasteiger partial charge is 0.206 e. The first-order chi connectivity index (χ1) is 17.3. The van der Waals surface area contributed by atoms with Gasteiger partial charge >= 0.3 is 0 Å². The van der Waals surface area contributed by atoms with E-state index in [0.29, 0.717) is 10.9 Å². The maximum atomic E-state index is 6.19. The third-order valence-electron chi connectivity index (χ3n) is 6.91. The molecule has 0 bridgehead atoms. The van der Waals surface area contributed by atoms with E-state index in [4.69, 9.17) is 26.4 Å². The van der Waals surface area contributed by atoms with Crippen LogP contribution >= 0.6 is 22.9 Å². The number of rotatable bonds is 7. The minimum absolute atomic E-state index is 0.707. The van der Waals surface area contributed by atoms with Gasteiger partial charge in [0.2, 0.25) is 4.80 Å². The molecular weight excluding hydrogens is 476 g/mol. The van der Waals surface area contributed by atoms with Gasteiger partial charge in [-0.15, -0.1) is 11.3 Å². The summed E-state index contributed by atoms with van der Waals surface area (Å²) in [7, 11) is 0. The Labute approximate surface area is 216 Å². The second-order valence-corrected chi connectivity index (χ2v) is 10.6. The Morgan fingerprint density at radius 3 is 2.60 bits per heavy atom. The maximum Gasteiger partial charge on any atom is 0.206 e. The van der Waals surface area contributed by atoms with Crippen LogP contribution < -0.4 is 4.80 Å². The Balaban J connectivity index is 1.41. The lowest BCUT2D eigenvalue weighted by Crippen LogP contribution is -2.38. The standard InChI is InChI=1S/C28H33ClN4OS/c29-26-8-4-5-22(19-26)20-31-33-27(21-35-28(33)30-13-14-32-15-17-34-18-16-32)25-11-9-24(10-12-25)23-6-2-1-3-7-23/h4-5,8-12,19-21,23H,1-3,6-7,13-18H2/b30-28?,31-20-. The molecule has 2 aromatic carbocycles. The fraction of sp³-hybridized carbons (Fsp3) is 0.429. The summed E-state index contributed by atoms with van der Waals surface area (Å²) in [5, 5.41) is 7.72. The highest BCUT2D eigenvalue weighted by Gasteiger charge is 2.16. The fourth-order valence-electron chi connectivity index (χ4n) is 4.90. The molecule has 1 aliphatic heterocycles. The van der Waals surface area contributed by atoms with E-state index in [0.717, 1.165) is 55.5 Å². The number of benzene rings is 2. The average molecular weight is 509 g/mol. The van der Waals surface area contributed by atoms with E-state index in [2.05, 4.69) is 34.5 Å². The molecule has 35 heavy (non-hydrogen) atoms. The molecule has 5 nitrogen and oxygen atoms in total. The monoisotopic (exact) mass is 508 g/mol. The van der Waals surface area contributed by atoms with E-state index >= 15 is 0 Å². The molecular formula is C28H33ClN4OS. The molecule has 3 aromatic rings. The summed E-state index contributed by atoms with van der Waals surface area (Å²) in [4.78, 5) is 8.24. The van der Waals surface area contributed by atoms with Crippen LogP contribution in [0, 0.1) is 0 Å². The predicted molar refractivity (Wildman–Crippen MR) is 146 cm³/mol. The van der Waals surface area contributed by atoms with Crippen LogP contribution in [0.2, 0.25) is 5.02 Å². The first kappa shape index (κ1) is 24.4. The van der Waals surface area contributed by atoms with Crippen LogP contribution in [0.25, 0.3) is 11.3 Å². The third-order valence-corrected chi connectivity index (χ3v) is 8.00. The minimum Gasteiger partial charge on any atom is -0.379 e. The third kappa shape index (κ3) is 6.50. The Hall–Kier alpha value is -2.25. The molecule has 1 aromatic heterocycles. The predicted octanol–water partition coefficient (Wildman–Crippen LogP) is 6.03. The highest BCUT2D eigenvalue weighted by molar-refractivity contribution is 7.07. The molecule has 1 aliphatic carbocycles. The number of morpholine rings is 1. The van der Waals surface area contributed by atoms with Crippen molar-refractivity contribution in [2.75, 3.05) is 39.4 Å². The fourth-order valence-corrected chi connectivity index (χ4v) is 5.97. The lowest BCUT2D eigenvalue weighted by atomic mass is 9.84. The molecule has 7 heteroatoms. The van der Waals surface area contributed by atoms with E-state index in [1.165, 1.54) is 43.2 Å². The van der Waals surface area contributed by atoms with Crippen molar-refractivity contribution >= 4 is 29.2 Å². The van der Waals surface area contributed by atoms with Crippen molar-refractivity contribution in [2.24, 2.45) is 10.1 Å². The molecule has 2 fully saturated rings. The molecule has 0 atom stereocenters. The lowest BCUT2D eigenvalue weighted by molar-refractivity contribution is 0.0393.